The molecule has 0 spiro atoms. The number of carboxylic acid groups (broad SMARTS) is 1. The quantitative estimate of drug-likeness (QED) is 0.935. The smallest absolute Gasteiger partial charge is 0.303 e. The zero-order valence-electron chi connectivity index (χ0n) is 11.9. The summed E-state index contributed by atoms with van der Waals surface area (Å²) in [4.78, 5) is 21.7. The highest BCUT2D eigenvalue weighted by atomic mass is 16.4. The zero-order chi connectivity index (χ0) is 14.7. The molecule has 0 aliphatic carbocycles. The predicted molar refractivity (Wildman–Crippen MR) is 81.3 cm³/mol. The minimum absolute atomic E-state index is 0.279. The van der Waals surface area contributed by atoms with Crippen molar-refractivity contribution in [2.75, 3.05) is 18.0 Å². The van der Waals surface area contributed by atoms with E-state index in [1.807, 2.05) is 18.2 Å². The molecule has 0 atom stereocenters. The molecule has 0 amide bonds. The molecule has 2 heterocycles. The molecule has 5 nitrogen and oxygen atoms in total. The summed E-state index contributed by atoms with van der Waals surface area (Å²) in [5.41, 5.74) is 0.968. The molecule has 5 heteroatoms. The molecule has 1 saturated heterocycles. The van der Waals surface area contributed by atoms with Crippen molar-refractivity contribution in [1.82, 2.24) is 9.97 Å². The molecule has 1 aromatic carbocycles. The number of hydrogen-bond donors (Lipinski definition) is 1. The molecular formula is C16H19N3O2. The van der Waals surface area contributed by atoms with Crippen LogP contribution in [0.3, 0.4) is 0 Å². The first kappa shape index (κ1) is 13.8. The first-order valence-corrected chi connectivity index (χ1v) is 7.40. The van der Waals surface area contributed by atoms with E-state index in [-0.39, 0.29) is 6.42 Å². The predicted octanol–water partition coefficient (Wildman–Crippen LogP) is 2.71. The molecule has 1 aliphatic heterocycles. The summed E-state index contributed by atoms with van der Waals surface area (Å²) in [6.45, 7) is 1.87. The molecule has 3 rings (SSSR count). The maximum atomic E-state index is 10.6. The van der Waals surface area contributed by atoms with Crippen molar-refractivity contribution in [2.45, 2.75) is 25.7 Å². The molecule has 1 fully saturated rings. The van der Waals surface area contributed by atoms with Gasteiger partial charge in [0.15, 0.2) is 0 Å². The number of aromatic nitrogens is 2. The summed E-state index contributed by atoms with van der Waals surface area (Å²) in [6, 6.07) is 8.05. The van der Waals surface area contributed by atoms with Gasteiger partial charge in [-0.1, -0.05) is 12.1 Å². The third-order valence-electron chi connectivity index (χ3n) is 4.20. The Balaban J connectivity index is 1.70. The first-order chi connectivity index (χ1) is 10.2. The molecule has 0 radical (unpaired) electrons. The van der Waals surface area contributed by atoms with Gasteiger partial charge in [0.25, 0.3) is 0 Å². The van der Waals surface area contributed by atoms with Gasteiger partial charge < -0.3 is 10.0 Å². The second kappa shape index (κ2) is 6.08. The number of carboxylic acids is 1. The molecule has 1 aromatic heterocycles. The number of rotatable bonds is 4. The van der Waals surface area contributed by atoms with E-state index in [0.717, 1.165) is 49.1 Å². The van der Waals surface area contributed by atoms with Gasteiger partial charge in [-0.25, -0.2) is 9.97 Å². The zero-order valence-corrected chi connectivity index (χ0v) is 11.9. The van der Waals surface area contributed by atoms with Gasteiger partial charge in [0.05, 0.1) is 5.52 Å². The lowest BCUT2D eigenvalue weighted by atomic mass is 9.92. The highest BCUT2D eigenvalue weighted by Crippen LogP contribution is 2.28. The Kier molecular flexibility index (Phi) is 3.99. The number of hydrogen-bond acceptors (Lipinski definition) is 4. The van der Waals surface area contributed by atoms with E-state index in [1.54, 1.807) is 6.33 Å². The normalized spacial score (nSPS) is 16.3. The minimum Gasteiger partial charge on any atom is -0.481 e. The average Bonchev–Trinajstić information content (AvgIpc) is 2.53. The van der Waals surface area contributed by atoms with Crippen LogP contribution in [0.15, 0.2) is 30.6 Å². The van der Waals surface area contributed by atoms with Crippen LogP contribution in [-0.4, -0.2) is 34.1 Å². The molecule has 1 N–H and O–H groups in total. The standard InChI is InChI=1S/C16H19N3O2/c20-15(21)6-5-12-7-9-19(10-8-12)16-13-3-1-2-4-14(13)17-11-18-16/h1-4,11-12H,5-10H2,(H,20,21). The van der Waals surface area contributed by atoms with Crippen LogP contribution in [0, 0.1) is 5.92 Å². The Morgan fingerprint density at radius 1 is 1.24 bits per heavy atom. The number of anilines is 1. The number of nitrogens with zero attached hydrogens (tertiary/aromatic N) is 3. The van der Waals surface area contributed by atoms with Crippen molar-refractivity contribution in [2.24, 2.45) is 5.92 Å². The average molecular weight is 285 g/mol. The van der Waals surface area contributed by atoms with Crippen molar-refractivity contribution in [1.29, 1.82) is 0 Å². The van der Waals surface area contributed by atoms with Crippen molar-refractivity contribution in [3.63, 3.8) is 0 Å². The summed E-state index contributed by atoms with van der Waals surface area (Å²) < 4.78 is 0. The number of carbonyl (C=O) groups is 1. The number of benzene rings is 1. The van der Waals surface area contributed by atoms with E-state index in [9.17, 15) is 4.79 Å². The van der Waals surface area contributed by atoms with Crippen LogP contribution >= 0.6 is 0 Å². The Morgan fingerprint density at radius 3 is 2.76 bits per heavy atom. The van der Waals surface area contributed by atoms with Crippen LogP contribution in [0.4, 0.5) is 5.82 Å². The molecule has 2 aromatic rings. The molecule has 0 saturated carbocycles. The number of piperidine rings is 1. The lowest BCUT2D eigenvalue weighted by Gasteiger charge is -2.33. The second-order valence-electron chi connectivity index (χ2n) is 5.58. The summed E-state index contributed by atoms with van der Waals surface area (Å²) in [5.74, 6) is 0.821. The Labute approximate surface area is 123 Å². The highest BCUT2D eigenvalue weighted by Gasteiger charge is 2.21. The lowest BCUT2D eigenvalue weighted by Crippen LogP contribution is -2.34. The van der Waals surface area contributed by atoms with Crippen molar-refractivity contribution >= 4 is 22.7 Å². The lowest BCUT2D eigenvalue weighted by molar-refractivity contribution is -0.137. The van der Waals surface area contributed by atoms with E-state index in [1.165, 1.54) is 0 Å². The fourth-order valence-corrected chi connectivity index (χ4v) is 3.00. The molecule has 0 bridgehead atoms. The van der Waals surface area contributed by atoms with Crippen LogP contribution in [0.25, 0.3) is 10.9 Å². The van der Waals surface area contributed by atoms with Crippen LogP contribution in [-0.2, 0) is 4.79 Å². The van der Waals surface area contributed by atoms with Gasteiger partial charge in [-0.3, -0.25) is 4.79 Å². The van der Waals surface area contributed by atoms with Gasteiger partial charge >= 0.3 is 5.97 Å². The van der Waals surface area contributed by atoms with E-state index in [0.29, 0.717) is 5.92 Å². The van der Waals surface area contributed by atoms with E-state index < -0.39 is 5.97 Å². The van der Waals surface area contributed by atoms with Gasteiger partial charge in [-0.05, 0) is 37.3 Å². The fraction of sp³-hybridized carbons (Fsp3) is 0.438. The van der Waals surface area contributed by atoms with Crippen LogP contribution in [0.1, 0.15) is 25.7 Å². The van der Waals surface area contributed by atoms with Crippen molar-refractivity contribution in [3.05, 3.63) is 30.6 Å². The third-order valence-corrected chi connectivity index (χ3v) is 4.20. The van der Waals surface area contributed by atoms with Crippen LogP contribution < -0.4 is 4.90 Å². The van der Waals surface area contributed by atoms with E-state index >= 15 is 0 Å². The molecule has 0 unspecified atom stereocenters. The largest absolute Gasteiger partial charge is 0.481 e. The van der Waals surface area contributed by atoms with E-state index in [2.05, 4.69) is 20.9 Å². The summed E-state index contributed by atoms with van der Waals surface area (Å²) in [6.07, 6.45) is 4.75. The van der Waals surface area contributed by atoms with Crippen molar-refractivity contribution < 1.29 is 9.90 Å². The van der Waals surface area contributed by atoms with E-state index in [4.69, 9.17) is 5.11 Å². The first-order valence-electron chi connectivity index (χ1n) is 7.40. The van der Waals surface area contributed by atoms with Gasteiger partial charge in [0.1, 0.15) is 12.1 Å². The summed E-state index contributed by atoms with van der Waals surface area (Å²) in [7, 11) is 0. The number of para-hydroxylation sites is 1. The molecule has 110 valence electrons. The second-order valence-corrected chi connectivity index (χ2v) is 5.58. The van der Waals surface area contributed by atoms with Gasteiger partial charge in [-0.15, -0.1) is 0 Å². The Bertz CT molecular complexity index is 631. The fourth-order valence-electron chi connectivity index (χ4n) is 3.00. The number of fused-ring (bicyclic) bond motifs is 1. The Morgan fingerprint density at radius 2 is 2.00 bits per heavy atom. The Hall–Kier alpha value is -2.17. The SMILES string of the molecule is O=C(O)CCC1CCN(c2ncnc3ccccc23)CC1. The monoisotopic (exact) mass is 285 g/mol. The highest BCUT2D eigenvalue weighted by molar-refractivity contribution is 5.89. The molecule has 1 aliphatic rings. The van der Waals surface area contributed by atoms with Crippen molar-refractivity contribution in [3.8, 4) is 0 Å². The maximum absolute atomic E-state index is 10.6. The number of aliphatic carboxylic acids is 1. The van der Waals surface area contributed by atoms with Gasteiger partial charge in [-0.2, -0.15) is 0 Å². The molecular weight excluding hydrogens is 266 g/mol. The molecule has 21 heavy (non-hydrogen) atoms. The van der Waals surface area contributed by atoms with Gasteiger partial charge in [0, 0.05) is 24.9 Å². The summed E-state index contributed by atoms with van der Waals surface area (Å²) >= 11 is 0. The minimum atomic E-state index is -0.695. The van der Waals surface area contributed by atoms with Gasteiger partial charge in [0.2, 0.25) is 0 Å². The van der Waals surface area contributed by atoms with Crippen LogP contribution in [0.5, 0.6) is 0 Å². The topological polar surface area (TPSA) is 66.3 Å². The summed E-state index contributed by atoms with van der Waals surface area (Å²) in [5, 5.41) is 9.85. The third kappa shape index (κ3) is 3.12. The maximum Gasteiger partial charge on any atom is 0.303 e. The van der Waals surface area contributed by atoms with Crippen LogP contribution in [0.2, 0.25) is 0 Å².